The first-order chi connectivity index (χ1) is 8.25. The molecule has 17 heavy (non-hydrogen) atoms. The maximum atomic E-state index is 11.9. The summed E-state index contributed by atoms with van der Waals surface area (Å²) in [5, 5.41) is 0. The summed E-state index contributed by atoms with van der Waals surface area (Å²) in [5.41, 5.74) is 2.36. The van der Waals surface area contributed by atoms with E-state index in [4.69, 9.17) is 4.42 Å². The van der Waals surface area contributed by atoms with Crippen molar-refractivity contribution >= 4 is 5.78 Å². The molecule has 84 valence electrons. The van der Waals surface area contributed by atoms with E-state index in [-0.39, 0.29) is 5.78 Å². The number of rotatable bonds is 1. The van der Waals surface area contributed by atoms with Gasteiger partial charge in [-0.15, -0.1) is 0 Å². The molecule has 0 spiro atoms. The molecule has 0 unspecified atom stereocenters. The summed E-state index contributed by atoms with van der Waals surface area (Å²) >= 11 is 0. The lowest BCUT2D eigenvalue weighted by molar-refractivity contribution is 0.102. The third-order valence-corrected chi connectivity index (χ3v) is 3.09. The van der Waals surface area contributed by atoms with E-state index in [0.717, 1.165) is 23.5 Å². The number of benzene rings is 1. The molecular formula is C15H12O2. The first-order valence-corrected chi connectivity index (χ1v) is 5.66. The van der Waals surface area contributed by atoms with Crippen LogP contribution >= 0.6 is 0 Å². The Bertz CT molecular complexity index is 591. The molecule has 0 saturated carbocycles. The molecule has 0 atom stereocenters. The summed E-state index contributed by atoms with van der Waals surface area (Å²) in [6.45, 7) is 3.78. The molecule has 1 aliphatic rings. The molecule has 0 bridgehead atoms. The third-order valence-electron chi connectivity index (χ3n) is 3.09. The molecule has 0 N–H and O–H groups in total. The first kappa shape index (κ1) is 10.1. The highest BCUT2D eigenvalue weighted by Crippen LogP contribution is 2.31. The van der Waals surface area contributed by atoms with Crippen LogP contribution < -0.4 is 0 Å². The predicted molar refractivity (Wildman–Crippen MR) is 65.9 cm³/mol. The van der Waals surface area contributed by atoms with E-state index < -0.39 is 0 Å². The summed E-state index contributed by atoms with van der Waals surface area (Å²) in [4.78, 5) is 11.9. The Kier molecular flexibility index (Phi) is 2.22. The first-order valence-electron chi connectivity index (χ1n) is 5.66. The van der Waals surface area contributed by atoms with Crippen molar-refractivity contribution in [2.75, 3.05) is 0 Å². The standard InChI is InChI=1S/C15H12O2/c1-10-7-8-13-12(15(10)16)9-14(17-13)11-5-3-2-4-6-11/h2-6,9H,1,7-8H2. The number of carbonyl (C=O) groups is 1. The van der Waals surface area contributed by atoms with E-state index >= 15 is 0 Å². The van der Waals surface area contributed by atoms with Gasteiger partial charge < -0.3 is 4.42 Å². The van der Waals surface area contributed by atoms with E-state index in [1.54, 1.807) is 0 Å². The van der Waals surface area contributed by atoms with E-state index in [1.165, 1.54) is 0 Å². The van der Waals surface area contributed by atoms with Crippen LogP contribution in [0, 0.1) is 0 Å². The second-order valence-corrected chi connectivity index (χ2v) is 4.25. The van der Waals surface area contributed by atoms with Gasteiger partial charge in [0.15, 0.2) is 5.78 Å². The quantitative estimate of drug-likeness (QED) is 0.692. The SMILES string of the molecule is C=C1CCc2oc(-c3ccccc3)cc2C1=O. The summed E-state index contributed by atoms with van der Waals surface area (Å²) in [6.07, 6.45) is 1.47. The number of hydrogen-bond acceptors (Lipinski definition) is 2. The van der Waals surface area contributed by atoms with Crippen LogP contribution in [0.25, 0.3) is 11.3 Å². The number of allylic oxidation sites excluding steroid dienone is 1. The molecule has 1 aromatic heterocycles. The third kappa shape index (κ3) is 1.62. The van der Waals surface area contributed by atoms with Gasteiger partial charge in [-0.1, -0.05) is 36.9 Å². The zero-order valence-electron chi connectivity index (χ0n) is 9.40. The molecule has 0 fully saturated rings. The van der Waals surface area contributed by atoms with Gasteiger partial charge in [-0.2, -0.15) is 0 Å². The number of hydrogen-bond donors (Lipinski definition) is 0. The number of Topliss-reactive ketones (excluding diaryl/α,β-unsaturated/α-hetero) is 1. The highest BCUT2D eigenvalue weighted by molar-refractivity contribution is 6.10. The van der Waals surface area contributed by atoms with E-state index in [2.05, 4.69) is 6.58 Å². The van der Waals surface area contributed by atoms with Crippen LogP contribution in [0.3, 0.4) is 0 Å². The maximum absolute atomic E-state index is 11.9. The Hall–Kier alpha value is -2.09. The topological polar surface area (TPSA) is 30.2 Å². The van der Waals surface area contributed by atoms with Crippen molar-refractivity contribution in [3.8, 4) is 11.3 Å². The molecule has 1 aromatic carbocycles. The van der Waals surface area contributed by atoms with E-state index in [9.17, 15) is 4.79 Å². The highest BCUT2D eigenvalue weighted by atomic mass is 16.3. The average molecular weight is 224 g/mol. The lowest BCUT2D eigenvalue weighted by atomic mass is 9.93. The zero-order chi connectivity index (χ0) is 11.8. The Morgan fingerprint density at radius 3 is 2.65 bits per heavy atom. The summed E-state index contributed by atoms with van der Waals surface area (Å²) in [6, 6.07) is 11.7. The van der Waals surface area contributed by atoms with Gasteiger partial charge in [-0.25, -0.2) is 0 Å². The zero-order valence-corrected chi connectivity index (χ0v) is 9.40. The fourth-order valence-electron chi connectivity index (χ4n) is 2.12. The van der Waals surface area contributed by atoms with Gasteiger partial charge in [0.2, 0.25) is 0 Å². The lowest BCUT2D eigenvalue weighted by Gasteiger charge is -2.09. The second-order valence-electron chi connectivity index (χ2n) is 4.25. The lowest BCUT2D eigenvalue weighted by Crippen LogP contribution is -2.10. The van der Waals surface area contributed by atoms with Crippen LogP contribution in [0.15, 0.2) is 53.0 Å². The normalized spacial score (nSPS) is 14.8. The average Bonchev–Trinajstić information content (AvgIpc) is 2.80. The van der Waals surface area contributed by atoms with Crippen molar-refractivity contribution < 1.29 is 9.21 Å². The predicted octanol–water partition coefficient (Wildman–Crippen LogP) is 3.63. The van der Waals surface area contributed by atoms with Gasteiger partial charge in [0.05, 0.1) is 5.56 Å². The van der Waals surface area contributed by atoms with Crippen molar-refractivity contribution in [2.24, 2.45) is 0 Å². The number of carbonyl (C=O) groups excluding carboxylic acids is 1. The fraction of sp³-hybridized carbons (Fsp3) is 0.133. The van der Waals surface area contributed by atoms with Crippen LogP contribution in [0.1, 0.15) is 22.5 Å². The summed E-state index contributed by atoms with van der Waals surface area (Å²) < 4.78 is 5.75. The summed E-state index contributed by atoms with van der Waals surface area (Å²) in [5.74, 6) is 1.58. The molecule has 0 radical (unpaired) electrons. The number of furan rings is 1. The monoisotopic (exact) mass is 224 g/mol. The number of ketones is 1. The number of aryl methyl sites for hydroxylation is 1. The van der Waals surface area contributed by atoms with Crippen LogP contribution in [-0.4, -0.2) is 5.78 Å². The molecule has 2 nitrogen and oxygen atoms in total. The Morgan fingerprint density at radius 2 is 1.88 bits per heavy atom. The van der Waals surface area contributed by atoms with Crippen molar-refractivity contribution in [2.45, 2.75) is 12.8 Å². The van der Waals surface area contributed by atoms with Crippen molar-refractivity contribution in [3.63, 3.8) is 0 Å². The van der Waals surface area contributed by atoms with E-state index in [1.807, 2.05) is 36.4 Å². The molecule has 0 aliphatic heterocycles. The molecule has 3 rings (SSSR count). The molecular weight excluding hydrogens is 212 g/mol. The highest BCUT2D eigenvalue weighted by Gasteiger charge is 2.25. The molecule has 1 aliphatic carbocycles. The van der Waals surface area contributed by atoms with Crippen LogP contribution in [0.2, 0.25) is 0 Å². The number of fused-ring (bicyclic) bond motifs is 1. The fourth-order valence-corrected chi connectivity index (χ4v) is 2.12. The maximum Gasteiger partial charge on any atom is 0.191 e. The van der Waals surface area contributed by atoms with Crippen molar-refractivity contribution in [3.05, 3.63) is 59.9 Å². The molecule has 1 heterocycles. The molecule has 2 heteroatoms. The van der Waals surface area contributed by atoms with E-state index in [0.29, 0.717) is 17.6 Å². The second kappa shape index (κ2) is 3.74. The van der Waals surface area contributed by atoms with Gasteiger partial charge >= 0.3 is 0 Å². The Morgan fingerprint density at radius 1 is 1.12 bits per heavy atom. The summed E-state index contributed by atoms with van der Waals surface area (Å²) in [7, 11) is 0. The molecule has 0 saturated heterocycles. The van der Waals surface area contributed by atoms with Crippen LogP contribution in [0.4, 0.5) is 0 Å². The van der Waals surface area contributed by atoms with Gasteiger partial charge in [0.1, 0.15) is 11.5 Å². The van der Waals surface area contributed by atoms with Crippen LogP contribution in [0.5, 0.6) is 0 Å². The van der Waals surface area contributed by atoms with Gasteiger partial charge in [0, 0.05) is 12.0 Å². The molecule has 2 aromatic rings. The minimum absolute atomic E-state index is 0.0252. The Balaban J connectivity index is 2.09. The van der Waals surface area contributed by atoms with Crippen LogP contribution in [-0.2, 0) is 6.42 Å². The molecule has 0 amide bonds. The van der Waals surface area contributed by atoms with Gasteiger partial charge in [-0.3, -0.25) is 4.79 Å². The Labute approximate surface area is 99.6 Å². The smallest absolute Gasteiger partial charge is 0.191 e. The minimum Gasteiger partial charge on any atom is -0.460 e. The minimum atomic E-state index is 0.0252. The van der Waals surface area contributed by atoms with Gasteiger partial charge in [-0.05, 0) is 18.1 Å². The largest absolute Gasteiger partial charge is 0.460 e. The van der Waals surface area contributed by atoms with Crippen molar-refractivity contribution in [1.82, 2.24) is 0 Å². The van der Waals surface area contributed by atoms with Gasteiger partial charge in [0.25, 0.3) is 0 Å². The van der Waals surface area contributed by atoms with Crippen molar-refractivity contribution in [1.29, 1.82) is 0 Å².